The van der Waals surface area contributed by atoms with Crippen molar-refractivity contribution in [2.75, 3.05) is 6.61 Å². The van der Waals surface area contributed by atoms with Crippen molar-refractivity contribution in [3.63, 3.8) is 0 Å². The van der Waals surface area contributed by atoms with Gasteiger partial charge >= 0.3 is 0 Å². The summed E-state index contributed by atoms with van der Waals surface area (Å²) in [6, 6.07) is 32.3. The van der Waals surface area contributed by atoms with Crippen molar-refractivity contribution in [3.05, 3.63) is 108 Å². The molecule has 3 aromatic rings. The molecule has 1 aliphatic rings. The maximum Gasteiger partial charge on any atom is 0.115 e. The molecule has 1 aliphatic heterocycles. The average molecular weight is 444 g/mol. The minimum absolute atomic E-state index is 0.236. The zero-order chi connectivity index (χ0) is 22.7. The van der Waals surface area contributed by atoms with Crippen LogP contribution in [0.4, 0.5) is 0 Å². The van der Waals surface area contributed by atoms with E-state index >= 15 is 0 Å². The summed E-state index contributed by atoms with van der Waals surface area (Å²) in [6.45, 7) is 1.72. The van der Waals surface area contributed by atoms with Crippen molar-refractivity contribution in [1.29, 1.82) is 5.26 Å². The zero-order valence-corrected chi connectivity index (χ0v) is 18.6. The molecular weight excluding hydrogens is 414 g/mol. The fourth-order valence-corrected chi connectivity index (χ4v) is 4.00. The van der Waals surface area contributed by atoms with Crippen LogP contribution in [0.1, 0.15) is 23.1 Å². The Hall–Kier alpha value is -3.01. The summed E-state index contributed by atoms with van der Waals surface area (Å²) in [5, 5.41) is 9.38. The molecule has 0 amide bonds. The molecule has 33 heavy (non-hydrogen) atoms. The van der Waals surface area contributed by atoms with E-state index in [9.17, 15) is 5.26 Å². The Labute approximate surface area is 195 Å². The third-order valence-corrected chi connectivity index (χ3v) is 5.66. The van der Waals surface area contributed by atoms with E-state index < -0.39 is 0 Å². The number of hydrogen-bond acceptors (Lipinski definition) is 5. The Balaban J connectivity index is 1.45. The van der Waals surface area contributed by atoms with Crippen LogP contribution in [0.25, 0.3) is 0 Å². The topological polar surface area (TPSA) is 60.7 Å². The van der Waals surface area contributed by atoms with E-state index in [0.29, 0.717) is 26.4 Å². The lowest BCUT2D eigenvalue weighted by Gasteiger charge is -2.25. The zero-order valence-electron chi connectivity index (χ0n) is 18.6. The molecule has 5 heteroatoms. The van der Waals surface area contributed by atoms with Gasteiger partial charge in [-0.3, -0.25) is 0 Å². The number of ether oxygens (including phenoxy) is 4. The molecule has 0 bridgehead atoms. The molecule has 1 fully saturated rings. The number of benzene rings is 3. The molecule has 0 radical (unpaired) electrons. The van der Waals surface area contributed by atoms with E-state index in [1.165, 1.54) is 0 Å². The number of hydrogen-bond donors (Lipinski definition) is 0. The van der Waals surface area contributed by atoms with Gasteiger partial charge in [0.25, 0.3) is 0 Å². The Morgan fingerprint density at radius 2 is 1.09 bits per heavy atom. The highest BCUT2D eigenvalue weighted by Crippen LogP contribution is 2.30. The third kappa shape index (κ3) is 6.74. The van der Waals surface area contributed by atoms with Gasteiger partial charge in [0.05, 0.1) is 45.0 Å². The molecule has 5 nitrogen and oxygen atoms in total. The van der Waals surface area contributed by atoms with E-state index in [1.807, 2.05) is 91.0 Å². The Morgan fingerprint density at radius 1 is 0.636 bits per heavy atom. The predicted octanol–water partition coefficient (Wildman–Crippen LogP) is 5.06. The molecule has 1 heterocycles. The molecule has 3 aromatic carbocycles. The molecule has 0 N–H and O–H groups in total. The van der Waals surface area contributed by atoms with Gasteiger partial charge in [0.2, 0.25) is 0 Å². The van der Waals surface area contributed by atoms with Gasteiger partial charge < -0.3 is 18.9 Å². The minimum Gasteiger partial charge on any atom is -0.374 e. The Morgan fingerprint density at radius 3 is 1.58 bits per heavy atom. The molecule has 0 saturated carbocycles. The maximum absolute atomic E-state index is 9.38. The second-order valence-corrected chi connectivity index (χ2v) is 8.10. The first-order valence-corrected chi connectivity index (χ1v) is 11.3. The number of nitriles is 1. The first-order chi connectivity index (χ1) is 16.3. The SMILES string of the molecule is N#CCC1O[C@H](COCc2ccccc2)[C@@H](OCc2ccccc2)[C@H]1OCc1ccccc1. The normalized spacial score (nSPS) is 22.2. The van der Waals surface area contributed by atoms with E-state index in [-0.39, 0.29) is 30.8 Å². The van der Waals surface area contributed by atoms with E-state index in [1.54, 1.807) is 0 Å². The molecule has 0 spiro atoms. The molecule has 170 valence electrons. The van der Waals surface area contributed by atoms with Gasteiger partial charge in [0, 0.05) is 0 Å². The van der Waals surface area contributed by atoms with E-state index in [2.05, 4.69) is 6.07 Å². The summed E-state index contributed by atoms with van der Waals surface area (Å²) in [6.07, 6.45) is -1.16. The van der Waals surface area contributed by atoms with Gasteiger partial charge in [-0.25, -0.2) is 0 Å². The van der Waals surface area contributed by atoms with Crippen LogP contribution < -0.4 is 0 Å². The highest BCUT2D eigenvalue weighted by molar-refractivity contribution is 5.15. The van der Waals surface area contributed by atoms with Crippen LogP contribution in [-0.4, -0.2) is 31.0 Å². The van der Waals surface area contributed by atoms with Crippen LogP contribution in [0.15, 0.2) is 91.0 Å². The predicted molar refractivity (Wildman–Crippen MR) is 125 cm³/mol. The summed E-state index contributed by atoms with van der Waals surface area (Å²) in [5.74, 6) is 0. The van der Waals surface area contributed by atoms with Crippen molar-refractivity contribution >= 4 is 0 Å². The van der Waals surface area contributed by atoms with Crippen molar-refractivity contribution in [1.82, 2.24) is 0 Å². The van der Waals surface area contributed by atoms with Crippen LogP contribution in [0.2, 0.25) is 0 Å². The van der Waals surface area contributed by atoms with Crippen molar-refractivity contribution < 1.29 is 18.9 Å². The van der Waals surface area contributed by atoms with Crippen LogP contribution >= 0.6 is 0 Å². The monoisotopic (exact) mass is 443 g/mol. The summed E-state index contributed by atoms with van der Waals surface area (Å²) < 4.78 is 24.9. The fraction of sp³-hybridized carbons (Fsp3) is 0.321. The number of nitrogens with zero attached hydrogens (tertiary/aromatic N) is 1. The smallest absolute Gasteiger partial charge is 0.115 e. The first kappa shape index (κ1) is 23.2. The van der Waals surface area contributed by atoms with Crippen LogP contribution in [-0.2, 0) is 38.8 Å². The summed E-state index contributed by atoms with van der Waals surface area (Å²) in [5.41, 5.74) is 3.24. The lowest BCUT2D eigenvalue weighted by molar-refractivity contribution is -0.0898. The van der Waals surface area contributed by atoms with Crippen molar-refractivity contribution in [2.45, 2.75) is 50.7 Å². The highest BCUT2D eigenvalue weighted by atomic mass is 16.6. The minimum atomic E-state index is -0.371. The van der Waals surface area contributed by atoms with Crippen LogP contribution in [0, 0.1) is 11.3 Å². The molecule has 0 aliphatic carbocycles. The Kier molecular flexibility index (Phi) is 8.62. The maximum atomic E-state index is 9.38. The van der Waals surface area contributed by atoms with Crippen LogP contribution in [0.3, 0.4) is 0 Å². The van der Waals surface area contributed by atoms with Gasteiger partial charge in [-0.1, -0.05) is 91.0 Å². The third-order valence-electron chi connectivity index (χ3n) is 5.66. The second kappa shape index (κ2) is 12.3. The average Bonchev–Trinajstić information content (AvgIpc) is 3.19. The molecule has 1 saturated heterocycles. The van der Waals surface area contributed by atoms with Crippen molar-refractivity contribution in [3.8, 4) is 6.07 Å². The number of rotatable bonds is 11. The summed E-state index contributed by atoms with van der Waals surface area (Å²) in [7, 11) is 0. The van der Waals surface area contributed by atoms with E-state index in [0.717, 1.165) is 16.7 Å². The van der Waals surface area contributed by atoms with Gasteiger partial charge in [-0.05, 0) is 16.7 Å². The fourth-order valence-electron chi connectivity index (χ4n) is 4.00. The first-order valence-electron chi connectivity index (χ1n) is 11.3. The van der Waals surface area contributed by atoms with Gasteiger partial charge in [-0.15, -0.1) is 0 Å². The van der Waals surface area contributed by atoms with Gasteiger partial charge in [-0.2, -0.15) is 5.26 Å². The molecule has 1 unspecified atom stereocenters. The highest BCUT2D eigenvalue weighted by Gasteiger charge is 2.46. The molecule has 0 aromatic heterocycles. The molecule has 4 rings (SSSR count). The van der Waals surface area contributed by atoms with E-state index in [4.69, 9.17) is 18.9 Å². The molecule has 4 atom stereocenters. The van der Waals surface area contributed by atoms with Gasteiger partial charge in [0.1, 0.15) is 18.3 Å². The van der Waals surface area contributed by atoms with Gasteiger partial charge in [0.15, 0.2) is 0 Å². The Bertz CT molecular complexity index is 991. The second-order valence-electron chi connectivity index (χ2n) is 8.10. The summed E-state index contributed by atoms with van der Waals surface area (Å²) in [4.78, 5) is 0. The summed E-state index contributed by atoms with van der Waals surface area (Å²) >= 11 is 0. The van der Waals surface area contributed by atoms with Crippen LogP contribution in [0.5, 0.6) is 0 Å². The largest absolute Gasteiger partial charge is 0.374 e. The molecular formula is C28H29NO4. The standard InChI is InChI=1S/C28H29NO4/c29-17-16-25-27(31-19-23-12-6-2-7-13-23)28(32-20-24-14-8-3-9-15-24)26(33-25)21-30-18-22-10-4-1-5-11-22/h1-15,25-28H,16,18-21H2/t25?,26-,27+,28-/m1/s1. The quantitative estimate of drug-likeness (QED) is 0.415. The lowest BCUT2D eigenvalue weighted by Crippen LogP contribution is -2.39. The lowest BCUT2D eigenvalue weighted by atomic mass is 10.1. The van der Waals surface area contributed by atoms with Crippen molar-refractivity contribution in [2.24, 2.45) is 0 Å².